The van der Waals surface area contributed by atoms with Crippen LogP contribution in [0.25, 0.3) is 10.8 Å². The summed E-state index contributed by atoms with van der Waals surface area (Å²) in [4.78, 5) is 0. The van der Waals surface area contributed by atoms with Crippen LogP contribution in [0.2, 0.25) is 0 Å². The smallest absolute Gasteiger partial charge is 1.00 e. The fraction of sp³-hybridized carbons (Fsp3) is 0.269. The zero-order valence-corrected chi connectivity index (χ0v) is 24.0. The third-order valence-electron chi connectivity index (χ3n) is 5.02. The molecule has 0 saturated heterocycles. The molecule has 1 atom stereocenters. The van der Waals surface area contributed by atoms with Crippen LogP contribution in [0.5, 0.6) is 0 Å². The van der Waals surface area contributed by atoms with E-state index >= 15 is 0 Å². The van der Waals surface area contributed by atoms with E-state index in [0.29, 0.717) is 0 Å². The fourth-order valence-electron chi connectivity index (χ4n) is 3.43. The van der Waals surface area contributed by atoms with Crippen molar-refractivity contribution in [3.8, 4) is 0 Å². The molecule has 0 fully saturated rings. The zero-order chi connectivity index (χ0) is 19.1. The van der Waals surface area contributed by atoms with Crippen LogP contribution in [0.1, 0.15) is 45.1 Å². The van der Waals surface area contributed by atoms with Crippen LogP contribution in [0.3, 0.4) is 0 Å². The van der Waals surface area contributed by atoms with E-state index in [4.69, 9.17) is 0 Å². The molecule has 1 aliphatic carbocycles. The normalized spacial score (nSPS) is 12.2. The molecule has 0 saturated carbocycles. The van der Waals surface area contributed by atoms with Crippen molar-refractivity contribution < 1.29 is 50.7 Å². The van der Waals surface area contributed by atoms with E-state index in [1.165, 1.54) is 57.4 Å². The van der Waals surface area contributed by atoms with Crippen molar-refractivity contribution in [2.24, 2.45) is 0 Å². The number of rotatable bonds is 5. The van der Waals surface area contributed by atoms with Gasteiger partial charge in [-0.05, 0) is 5.30 Å². The van der Waals surface area contributed by atoms with Crippen LogP contribution in [-0.4, -0.2) is 0 Å². The van der Waals surface area contributed by atoms with E-state index < -0.39 is 0 Å². The summed E-state index contributed by atoms with van der Waals surface area (Å²) in [6, 6.07) is 21.7. The number of unbranched alkanes of at least 4 members (excludes halogenated alkanes) is 1. The average molecular weight is 622 g/mol. The van der Waals surface area contributed by atoms with Gasteiger partial charge in [0.05, 0.1) is 0 Å². The first-order valence-corrected chi connectivity index (χ1v) is 10.9. The maximum Gasteiger partial charge on any atom is 4.00 e. The molecule has 0 aromatic heterocycles. The van der Waals surface area contributed by atoms with Gasteiger partial charge >= 0.3 is 25.8 Å². The number of fused-ring (bicyclic) bond motifs is 1. The minimum absolute atomic E-state index is 0. The maximum atomic E-state index is 3.37. The van der Waals surface area contributed by atoms with E-state index in [-0.39, 0.29) is 50.7 Å². The van der Waals surface area contributed by atoms with Gasteiger partial charge in [0.1, 0.15) is 0 Å². The molecule has 0 aliphatic heterocycles. The minimum Gasteiger partial charge on any atom is -1.00 e. The topological polar surface area (TPSA) is 0 Å². The van der Waals surface area contributed by atoms with Crippen molar-refractivity contribution in [1.82, 2.24) is 0 Å². The number of hydrogen-bond donors (Lipinski definition) is 0. The molecule has 0 heterocycles. The Morgan fingerprint density at radius 1 is 0.967 bits per heavy atom. The summed E-state index contributed by atoms with van der Waals surface area (Å²) in [5.41, 5.74) is 4.32. The van der Waals surface area contributed by atoms with Crippen LogP contribution in [0, 0.1) is 13.0 Å². The van der Waals surface area contributed by atoms with Crippen LogP contribution < -0.4 is 35.4 Å². The quantitative estimate of drug-likeness (QED) is 0.224. The fourth-order valence-corrected chi connectivity index (χ4v) is 4.71. The second kappa shape index (κ2) is 15.3. The van der Waals surface area contributed by atoms with Crippen LogP contribution >= 0.6 is 8.58 Å². The van der Waals surface area contributed by atoms with Crippen molar-refractivity contribution in [1.29, 1.82) is 0 Å². The molecule has 3 aromatic rings. The van der Waals surface area contributed by atoms with Gasteiger partial charge in [-0.3, -0.25) is 6.08 Å². The summed E-state index contributed by atoms with van der Waals surface area (Å²) in [7, 11) is 0.754. The standard InChI is InChI=1S/C16H14P.C10H15.2ClH.Hf/c1-12-11-13-7-5-6-10-15(13)16(12)17-14-8-3-2-4-9-14;1-3-4-7-10-8-5-6-9(10)2;;;/h2-11,17H,1H3;6H,3-5,7H2,1-2H3;2*1H;/q2*-1;;;+4/p-2. The summed E-state index contributed by atoms with van der Waals surface area (Å²) in [5, 5.41) is 5.68. The number of allylic oxidation sites excluding steroid dienone is 4. The number of aryl methyl sites for hydroxylation is 1. The molecule has 4 heteroatoms. The molecule has 3 aromatic carbocycles. The molecular weight excluding hydrogens is 593 g/mol. The molecule has 0 spiro atoms. The van der Waals surface area contributed by atoms with Gasteiger partial charge < -0.3 is 24.8 Å². The monoisotopic (exact) mass is 622 g/mol. The molecule has 0 bridgehead atoms. The van der Waals surface area contributed by atoms with E-state index in [1.807, 2.05) is 0 Å². The first kappa shape index (κ1) is 29.4. The Kier molecular flexibility index (Phi) is 15.0. The van der Waals surface area contributed by atoms with Gasteiger partial charge in [-0.1, -0.05) is 69.5 Å². The molecule has 156 valence electrons. The van der Waals surface area contributed by atoms with Crippen molar-refractivity contribution >= 4 is 30.0 Å². The first-order valence-electron chi connectivity index (χ1n) is 9.93. The molecular formula is C26H29Cl2HfP. The number of benzene rings is 2. The maximum absolute atomic E-state index is 3.37. The second-order valence-corrected chi connectivity index (χ2v) is 8.46. The molecule has 4 rings (SSSR count). The van der Waals surface area contributed by atoms with Gasteiger partial charge in [-0.2, -0.15) is 6.08 Å². The SMILES string of the molecule is CCCCC1=[C-]CC=C1C.Cc1[cH-]c2ccccc2c1Pc1ccccc1.[Cl-].[Cl-].[Hf+4]. The number of hydrogen-bond acceptors (Lipinski definition) is 0. The van der Waals surface area contributed by atoms with Crippen molar-refractivity contribution in [3.63, 3.8) is 0 Å². The molecule has 1 aliphatic rings. The summed E-state index contributed by atoms with van der Waals surface area (Å²) < 4.78 is 0. The van der Waals surface area contributed by atoms with Gasteiger partial charge in [0.2, 0.25) is 0 Å². The molecule has 1 unspecified atom stereocenters. The Labute approximate surface area is 215 Å². The minimum atomic E-state index is 0. The van der Waals surface area contributed by atoms with Crippen LogP contribution in [0.4, 0.5) is 0 Å². The average Bonchev–Trinajstić information content (AvgIpc) is 3.24. The Balaban J connectivity index is 0.000000569. The summed E-state index contributed by atoms with van der Waals surface area (Å²) in [5.74, 6) is 0. The van der Waals surface area contributed by atoms with E-state index in [1.54, 1.807) is 0 Å². The van der Waals surface area contributed by atoms with Gasteiger partial charge in [-0.25, -0.2) is 11.1 Å². The molecule has 0 nitrogen and oxygen atoms in total. The molecule has 30 heavy (non-hydrogen) atoms. The third-order valence-corrected chi connectivity index (χ3v) is 6.56. The van der Waals surface area contributed by atoms with E-state index in [9.17, 15) is 0 Å². The predicted molar refractivity (Wildman–Crippen MR) is 123 cm³/mol. The van der Waals surface area contributed by atoms with Crippen molar-refractivity contribution in [2.75, 3.05) is 0 Å². The number of halogens is 2. The van der Waals surface area contributed by atoms with E-state index in [0.717, 1.165) is 15.0 Å². The summed E-state index contributed by atoms with van der Waals surface area (Å²) >= 11 is 0. The second-order valence-electron chi connectivity index (χ2n) is 7.13. The Morgan fingerprint density at radius 3 is 2.27 bits per heavy atom. The first-order chi connectivity index (χ1) is 13.2. The van der Waals surface area contributed by atoms with Gasteiger partial charge in [0, 0.05) is 0 Å². The van der Waals surface area contributed by atoms with Gasteiger partial charge in [0.25, 0.3) is 0 Å². The van der Waals surface area contributed by atoms with Gasteiger partial charge in [-0.15, -0.1) is 67.8 Å². The predicted octanol–water partition coefficient (Wildman–Crippen LogP) is 0.758. The van der Waals surface area contributed by atoms with Crippen LogP contribution in [0.15, 0.2) is 77.9 Å². The van der Waals surface area contributed by atoms with Crippen LogP contribution in [-0.2, 0) is 25.8 Å². The molecule has 0 N–H and O–H groups in total. The van der Waals surface area contributed by atoms with Gasteiger partial charge in [0.15, 0.2) is 0 Å². The largest absolute Gasteiger partial charge is 4.00 e. The summed E-state index contributed by atoms with van der Waals surface area (Å²) in [6.45, 7) is 6.63. The Hall–Kier alpha value is -0.590. The molecule has 0 amide bonds. The zero-order valence-electron chi connectivity index (χ0n) is 17.9. The molecule has 0 radical (unpaired) electrons. The Bertz CT molecular complexity index is 942. The van der Waals surface area contributed by atoms with Crippen molar-refractivity contribution in [2.45, 2.75) is 46.5 Å². The van der Waals surface area contributed by atoms with E-state index in [2.05, 4.69) is 93.6 Å². The Morgan fingerprint density at radius 2 is 1.63 bits per heavy atom. The third kappa shape index (κ3) is 8.16. The summed E-state index contributed by atoms with van der Waals surface area (Å²) in [6.07, 6.45) is 10.5. The van der Waals surface area contributed by atoms with Crippen molar-refractivity contribution in [3.05, 3.63) is 89.5 Å².